The molecule has 0 bridgehead atoms. The van der Waals surface area contributed by atoms with Crippen molar-refractivity contribution in [3.8, 4) is 5.75 Å². The molecule has 2 aliphatic heterocycles. The SMILES string of the molecule is COc1cccc(N2CCN(C(=O)c3cc(S(=O)(=O)N4CCCCC4)ccc3Cl)CC2)c1. The monoisotopic (exact) mass is 477 g/mol. The zero-order chi connectivity index (χ0) is 22.7. The third kappa shape index (κ3) is 4.72. The molecule has 2 aromatic carbocycles. The van der Waals surface area contributed by atoms with E-state index in [9.17, 15) is 13.2 Å². The van der Waals surface area contributed by atoms with Gasteiger partial charge in [0.1, 0.15) is 5.75 Å². The Labute approximate surface area is 194 Å². The van der Waals surface area contributed by atoms with Gasteiger partial charge in [-0.1, -0.05) is 24.1 Å². The Balaban J connectivity index is 1.48. The van der Waals surface area contributed by atoms with Gasteiger partial charge in [0.25, 0.3) is 5.91 Å². The molecule has 0 unspecified atom stereocenters. The molecule has 0 aromatic heterocycles. The Kier molecular flexibility index (Phi) is 6.93. The molecule has 0 spiro atoms. The van der Waals surface area contributed by atoms with Gasteiger partial charge in [-0.15, -0.1) is 0 Å². The van der Waals surface area contributed by atoms with E-state index in [1.165, 1.54) is 22.5 Å². The topological polar surface area (TPSA) is 70.2 Å². The molecule has 172 valence electrons. The van der Waals surface area contributed by atoms with Crippen LogP contribution in [0, 0.1) is 0 Å². The van der Waals surface area contributed by atoms with Crippen molar-refractivity contribution < 1.29 is 17.9 Å². The number of benzene rings is 2. The fraction of sp³-hybridized carbons (Fsp3) is 0.435. The number of ether oxygens (including phenoxy) is 1. The molecule has 0 N–H and O–H groups in total. The summed E-state index contributed by atoms with van der Waals surface area (Å²) in [5, 5.41) is 0.266. The van der Waals surface area contributed by atoms with E-state index in [4.69, 9.17) is 16.3 Å². The van der Waals surface area contributed by atoms with Crippen LogP contribution in [0.1, 0.15) is 29.6 Å². The minimum atomic E-state index is -3.63. The molecular weight excluding hydrogens is 450 g/mol. The predicted molar refractivity (Wildman–Crippen MR) is 125 cm³/mol. The smallest absolute Gasteiger partial charge is 0.255 e. The van der Waals surface area contributed by atoms with E-state index >= 15 is 0 Å². The molecule has 7 nitrogen and oxygen atoms in total. The highest BCUT2D eigenvalue weighted by Crippen LogP contribution is 2.27. The molecule has 0 saturated carbocycles. The van der Waals surface area contributed by atoms with E-state index in [0.717, 1.165) is 30.7 Å². The Hall–Kier alpha value is -2.29. The quantitative estimate of drug-likeness (QED) is 0.659. The third-order valence-corrected chi connectivity index (χ3v) is 8.33. The normalized spacial score (nSPS) is 17.9. The van der Waals surface area contributed by atoms with E-state index in [1.807, 2.05) is 24.3 Å². The number of nitrogens with zero attached hydrogens (tertiary/aromatic N) is 3. The summed E-state index contributed by atoms with van der Waals surface area (Å²) in [6.07, 6.45) is 2.75. The maximum atomic E-state index is 13.2. The molecule has 4 rings (SSSR count). The van der Waals surface area contributed by atoms with Crippen LogP contribution in [0.2, 0.25) is 5.02 Å². The van der Waals surface area contributed by atoms with Crippen LogP contribution in [-0.4, -0.2) is 69.9 Å². The van der Waals surface area contributed by atoms with Gasteiger partial charge >= 0.3 is 0 Å². The Bertz CT molecular complexity index is 1080. The van der Waals surface area contributed by atoms with Gasteiger partial charge < -0.3 is 14.5 Å². The van der Waals surface area contributed by atoms with E-state index < -0.39 is 10.0 Å². The molecule has 2 aliphatic rings. The van der Waals surface area contributed by atoms with Gasteiger partial charge in [-0.3, -0.25) is 4.79 Å². The van der Waals surface area contributed by atoms with Crippen molar-refractivity contribution in [1.82, 2.24) is 9.21 Å². The van der Waals surface area contributed by atoms with Crippen molar-refractivity contribution in [3.05, 3.63) is 53.1 Å². The fourth-order valence-corrected chi connectivity index (χ4v) is 5.97. The summed E-state index contributed by atoms with van der Waals surface area (Å²) in [5.74, 6) is 0.551. The van der Waals surface area contributed by atoms with Gasteiger partial charge in [0.05, 0.1) is 22.6 Å². The Morgan fingerprint density at radius 3 is 2.34 bits per heavy atom. The van der Waals surface area contributed by atoms with Crippen molar-refractivity contribution >= 4 is 33.2 Å². The molecule has 1 amide bonds. The van der Waals surface area contributed by atoms with Crippen molar-refractivity contribution in [2.75, 3.05) is 51.3 Å². The van der Waals surface area contributed by atoms with Gasteiger partial charge in [-0.05, 0) is 43.2 Å². The molecule has 9 heteroatoms. The summed E-state index contributed by atoms with van der Waals surface area (Å²) in [6.45, 7) is 3.41. The van der Waals surface area contributed by atoms with Gasteiger partial charge in [0.2, 0.25) is 10.0 Å². The van der Waals surface area contributed by atoms with Gasteiger partial charge in [0.15, 0.2) is 0 Å². The van der Waals surface area contributed by atoms with Crippen molar-refractivity contribution in [1.29, 1.82) is 0 Å². The molecule has 32 heavy (non-hydrogen) atoms. The number of hydrogen-bond acceptors (Lipinski definition) is 5. The number of amides is 1. The van der Waals surface area contributed by atoms with E-state index in [-0.39, 0.29) is 21.4 Å². The van der Waals surface area contributed by atoms with Crippen LogP contribution in [0.15, 0.2) is 47.4 Å². The Morgan fingerprint density at radius 1 is 0.938 bits per heavy atom. The highest BCUT2D eigenvalue weighted by Gasteiger charge is 2.29. The molecule has 0 radical (unpaired) electrons. The number of carbonyl (C=O) groups excluding carboxylic acids is 1. The first-order valence-corrected chi connectivity index (χ1v) is 12.7. The lowest BCUT2D eigenvalue weighted by Crippen LogP contribution is -2.48. The molecule has 0 atom stereocenters. The minimum Gasteiger partial charge on any atom is -0.497 e. The maximum absolute atomic E-state index is 13.2. The summed E-state index contributed by atoms with van der Waals surface area (Å²) in [7, 11) is -2.00. The molecule has 2 aromatic rings. The highest BCUT2D eigenvalue weighted by atomic mass is 35.5. The molecule has 2 fully saturated rings. The number of carbonyl (C=O) groups is 1. The Morgan fingerprint density at radius 2 is 1.66 bits per heavy atom. The minimum absolute atomic E-state index is 0.127. The standard InChI is InChI=1S/C23H28ClN3O4S/c1-31-19-7-5-6-18(16-19)25-12-14-26(15-13-25)23(28)21-17-20(8-9-22(21)24)32(29,30)27-10-3-2-4-11-27/h5-9,16-17H,2-4,10-15H2,1H3. The number of anilines is 1. The van der Waals surface area contributed by atoms with Crippen LogP contribution < -0.4 is 9.64 Å². The van der Waals surface area contributed by atoms with E-state index in [2.05, 4.69) is 4.90 Å². The first-order chi connectivity index (χ1) is 15.4. The average Bonchev–Trinajstić information content (AvgIpc) is 2.84. The number of halogens is 1. The average molecular weight is 478 g/mol. The lowest BCUT2D eigenvalue weighted by Gasteiger charge is -2.36. The first kappa shape index (κ1) is 22.9. The van der Waals surface area contributed by atoms with E-state index in [1.54, 1.807) is 12.0 Å². The predicted octanol–water partition coefficient (Wildman–Crippen LogP) is 3.49. The summed E-state index contributed by atoms with van der Waals surface area (Å²) in [4.78, 5) is 17.3. The fourth-order valence-electron chi connectivity index (χ4n) is 4.23. The van der Waals surface area contributed by atoms with Crippen LogP contribution in [0.25, 0.3) is 0 Å². The second-order valence-corrected chi connectivity index (χ2v) is 10.4. The molecule has 2 heterocycles. The zero-order valence-corrected chi connectivity index (χ0v) is 19.7. The zero-order valence-electron chi connectivity index (χ0n) is 18.2. The lowest BCUT2D eigenvalue weighted by molar-refractivity contribution is 0.0746. The number of piperidine rings is 1. The second-order valence-electron chi connectivity index (χ2n) is 8.09. The summed E-state index contributed by atoms with van der Waals surface area (Å²) in [5.41, 5.74) is 1.28. The maximum Gasteiger partial charge on any atom is 0.255 e. The van der Waals surface area contributed by atoms with Gasteiger partial charge in [0, 0.05) is 51.0 Å². The number of hydrogen-bond donors (Lipinski definition) is 0. The number of piperazine rings is 1. The van der Waals surface area contributed by atoms with Crippen LogP contribution in [0.3, 0.4) is 0 Å². The van der Waals surface area contributed by atoms with Gasteiger partial charge in [-0.25, -0.2) is 8.42 Å². The second kappa shape index (κ2) is 9.68. The number of methoxy groups -OCH3 is 1. The van der Waals surface area contributed by atoms with E-state index in [0.29, 0.717) is 39.3 Å². The third-order valence-electron chi connectivity index (χ3n) is 6.11. The van der Waals surface area contributed by atoms with Crippen molar-refractivity contribution in [2.24, 2.45) is 0 Å². The van der Waals surface area contributed by atoms with Crippen LogP contribution in [0.4, 0.5) is 5.69 Å². The van der Waals surface area contributed by atoms with Crippen molar-refractivity contribution in [3.63, 3.8) is 0 Å². The largest absolute Gasteiger partial charge is 0.497 e. The first-order valence-electron chi connectivity index (χ1n) is 10.9. The molecule has 2 saturated heterocycles. The van der Waals surface area contributed by atoms with Crippen LogP contribution in [0.5, 0.6) is 5.75 Å². The highest BCUT2D eigenvalue weighted by molar-refractivity contribution is 7.89. The van der Waals surface area contributed by atoms with Crippen molar-refractivity contribution in [2.45, 2.75) is 24.2 Å². The van der Waals surface area contributed by atoms with Gasteiger partial charge in [-0.2, -0.15) is 4.31 Å². The lowest BCUT2D eigenvalue weighted by atomic mass is 10.1. The summed E-state index contributed by atoms with van der Waals surface area (Å²) in [6, 6.07) is 12.3. The van der Waals surface area contributed by atoms with Crippen LogP contribution >= 0.6 is 11.6 Å². The summed E-state index contributed by atoms with van der Waals surface area (Å²) < 4.78 is 32.9. The number of sulfonamides is 1. The van der Waals surface area contributed by atoms with Crippen LogP contribution in [-0.2, 0) is 10.0 Å². The number of rotatable bonds is 5. The molecular formula is C23H28ClN3O4S. The summed E-state index contributed by atoms with van der Waals surface area (Å²) >= 11 is 6.32. The molecule has 0 aliphatic carbocycles.